The predicted molar refractivity (Wildman–Crippen MR) is 106 cm³/mol. The first kappa shape index (κ1) is 21.0. The molecular weight excluding hydrogens is 392 g/mol. The van der Waals surface area contributed by atoms with Crippen LogP contribution in [0.1, 0.15) is 23.7 Å². The lowest BCUT2D eigenvalue weighted by atomic mass is 10.1. The molecule has 0 aliphatic carbocycles. The quantitative estimate of drug-likeness (QED) is 0.297. The molecule has 2 aromatic carbocycles. The lowest BCUT2D eigenvalue weighted by Gasteiger charge is -2.19. The van der Waals surface area contributed by atoms with Gasteiger partial charge in [-0.3, -0.25) is 24.5 Å². The molecule has 2 aromatic rings. The Balaban J connectivity index is 1.70. The maximum Gasteiger partial charge on any atom is 0.312 e. The minimum atomic E-state index is -0.988. The van der Waals surface area contributed by atoms with Crippen LogP contribution in [0.5, 0.6) is 5.75 Å². The highest BCUT2D eigenvalue weighted by Crippen LogP contribution is 2.36. The number of amides is 1. The summed E-state index contributed by atoms with van der Waals surface area (Å²) < 4.78 is 10.5. The first-order chi connectivity index (χ1) is 14.3. The molecule has 156 valence electrons. The molecule has 0 bridgehead atoms. The van der Waals surface area contributed by atoms with E-state index in [1.54, 1.807) is 30.3 Å². The average molecular weight is 412 g/mol. The van der Waals surface area contributed by atoms with Gasteiger partial charge in [0.1, 0.15) is 5.75 Å². The number of hydrogen-bond acceptors (Lipinski definition) is 7. The lowest BCUT2D eigenvalue weighted by molar-refractivity contribution is -0.384. The Morgan fingerprint density at radius 1 is 1.20 bits per heavy atom. The Morgan fingerprint density at radius 3 is 2.53 bits per heavy atom. The first-order valence-corrected chi connectivity index (χ1v) is 9.24. The zero-order chi connectivity index (χ0) is 21.8. The zero-order valence-electron chi connectivity index (χ0n) is 16.4. The Labute approximate surface area is 172 Å². The number of benzene rings is 2. The average Bonchev–Trinajstić information content (AvgIpc) is 3.14. The molecule has 0 unspecified atom stereocenters. The number of anilines is 1. The highest BCUT2D eigenvalue weighted by Gasteiger charge is 2.38. The van der Waals surface area contributed by atoms with Crippen LogP contribution in [0.3, 0.4) is 0 Å². The number of carbonyl (C=O) groups excluding carboxylic acids is 3. The molecule has 3 rings (SSSR count). The van der Waals surface area contributed by atoms with Gasteiger partial charge in [0, 0.05) is 24.6 Å². The molecule has 1 aliphatic rings. The second-order valence-electron chi connectivity index (χ2n) is 6.83. The van der Waals surface area contributed by atoms with Crippen molar-refractivity contribution in [3.05, 3.63) is 64.2 Å². The molecule has 30 heavy (non-hydrogen) atoms. The number of ketones is 1. The van der Waals surface area contributed by atoms with E-state index in [2.05, 4.69) is 0 Å². The zero-order valence-corrected chi connectivity index (χ0v) is 16.4. The summed E-state index contributed by atoms with van der Waals surface area (Å²) in [5.74, 6) is -1.93. The summed E-state index contributed by atoms with van der Waals surface area (Å²) in [6.07, 6.45) is -1.08. The maximum atomic E-state index is 12.5. The van der Waals surface area contributed by atoms with Crippen LogP contribution >= 0.6 is 0 Å². The summed E-state index contributed by atoms with van der Waals surface area (Å²) in [4.78, 5) is 49.1. The summed E-state index contributed by atoms with van der Waals surface area (Å²) in [6.45, 7) is 1.51. The molecule has 9 nitrogen and oxygen atoms in total. The third kappa shape index (κ3) is 4.29. The normalized spacial score (nSPS) is 16.8. The number of hydrogen-bond donors (Lipinski definition) is 0. The van der Waals surface area contributed by atoms with Crippen LogP contribution in [-0.2, 0) is 14.3 Å². The SMILES string of the molecule is COc1cc([N+](=O)[O-])ccc1N1C[C@@H](C(=O)O[C@@H](C)C(=O)c2ccccc2)CC1=O. The van der Waals surface area contributed by atoms with Gasteiger partial charge in [0.25, 0.3) is 5.69 Å². The lowest BCUT2D eigenvalue weighted by Crippen LogP contribution is -2.30. The standard InChI is InChI=1S/C21H20N2O7/c1-13(20(25)14-6-4-3-5-7-14)30-21(26)15-10-19(24)22(12-15)17-9-8-16(23(27)28)11-18(17)29-2/h3-9,11,13,15H,10,12H2,1-2H3/t13-,15-/m0/s1. The largest absolute Gasteiger partial charge is 0.494 e. The van der Waals surface area contributed by atoms with E-state index in [4.69, 9.17) is 9.47 Å². The summed E-state index contributed by atoms with van der Waals surface area (Å²) in [7, 11) is 1.34. The molecule has 1 aliphatic heterocycles. The van der Waals surface area contributed by atoms with Gasteiger partial charge in [0.2, 0.25) is 11.7 Å². The van der Waals surface area contributed by atoms with Crippen molar-refractivity contribution in [2.75, 3.05) is 18.6 Å². The summed E-state index contributed by atoms with van der Waals surface area (Å²) in [5, 5.41) is 10.9. The molecule has 1 heterocycles. The van der Waals surface area contributed by atoms with Gasteiger partial charge < -0.3 is 14.4 Å². The molecule has 0 spiro atoms. The van der Waals surface area contributed by atoms with E-state index in [0.717, 1.165) is 0 Å². The third-order valence-electron chi connectivity index (χ3n) is 4.84. The molecule has 9 heteroatoms. The monoisotopic (exact) mass is 412 g/mol. The van der Waals surface area contributed by atoms with Crippen molar-refractivity contribution < 1.29 is 28.8 Å². The first-order valence-electron chi connectivity index (χ1n) is 9.24. The maximum absolute atomic E-state index is 12.5. The van der Waals surface area contributed by atoms with Gasteiger partial charge >= 0.3 is 5.97 Å². The van der Waals surface area contributed by atoms with E-state index < -0.39 is 22.9 Å². The molecule has 1 amide bonds. The van der Waals surface area contributed by atoms with Crippen molar-refractivity contribution in [3.8, 4) is 5.75 Å². The van der Waals surface area contributed by atoms with Gasteiger partial charge in [0.05, 0.1) is 29.7 Å². The van der Waals surface area contributed by atoms with Crippen molar-refractivity contribution in [1.29, 1.82) is 0 Å². The molecule has 0 saturated carbocycles. The Kier molecular flexibility index (Phi) is 6.10. The van der Waals surface area contributed by atoms with E-state index in [1.165, 1.54) is 37.1 Å². The fourth-order valence-corrected chi connectivity index (χ4v) is 3.26. The van der Waals surface area contributed by atoms with E-state index in [1.807, 2.05) is 0 Å². The second kappa shape index (κ2) is 8.73. The minimum Gasteiger partial charge on any atom is -0.494 e. The van der Waals surface area contributed by atoms with E-state index >= 15 is 0 Å². The predicted octanol–water partition coefficient (Wildman–Crippen LogP) is 2.77. The second-order valence-corrected chi connectivity index (χ2v) is 6.83. The number of nitrogens with zero attached hydrogens (tertiary/aromatic N) is 2. The number of esters is 1. The van der Waals surface area contributed by atoms with E-state index in [-0.39, 0.29) is 36.1 Å². The van der Waals surface area contributed by atoms with Gasteiger partial charge in [0.15, 0.2) is 6.10 Å². The topological polar surface area (TPSA) is 116 Å². The molecule has 1 saturated heterocycles. The van der Waals surface area contributed by atoms with Crippen LogP contribution in [0, 0.1) is 16.0 Å². The van der Waals surface area contributed by atoms with Crippen molar-refractivity contribution in [1.82, 2.24) is 0 Å². The van der Waals surface area contributed by atoms with Gasteiger partial charge in [-0.2, -0.15) is 0 Å². The summed E-state index contributed by atoms with van der Waals surface area (Å²) >= 11 is 0. The number of carbonyl (C=O) groups is 3. The fourth-order valence-electron chi connectivity index (χ4n) is 3.26. The molecule has 0 radical (unpaired) electrons. The Hall–Kier alpha value is -3.75. The fraction of sp³-hybridized carbons (Fsp3) is 0.286. The third-order valence-corrected chi connectivity index (χ3v) is 4.84. The minimum absolute atomic E-state index is 0.0259. The molecule has 0 aromatic heterocycles. The van der Waals surface area contributed by atoms with Crippen molar-refractivity contribution in [3.63, 3.8) is 0 Å². The number of nitro groups is 1. The van der Waals surface area contributed by atoms with E-state index in [0.29, 0.717) is 11.3 Å². The number of rotatable bonds is 7. The smallest absolute Gasteiger partial charge is 0.312 e. The number of nitro benzene ring substituents is 1. The van der Waals surface area contributed by atoms with Crippen molar-refractivity contribution in [2.45, 2.75) is 19.4 Å². The van der Waals surface area contributed by atoms with Gasteiger partial charge in [-0.25, -0.2) is 0 Å². The van der Waals surface area contributed by atoms with E-state index in [9.17, 15) is 24.5 Å². The van der Waals surface area contributed by atoms with Crippen molar-refractivity contribution in [2.24, 2.45) is 5.92 Å². The number of methoxy groups -OCH3 is 1. The van der Waals surface area contributed by atoms with Crippen LogP contribution in [0.4, 0.5) is 11.4 Å². The van der Waals surface area contributed by atoms with Gasteiger partial charge in [-0.05, 0) is 13.0 Å². The number of non-ortho nitro benzene ring substituents is 1. The Morgan fingerprint density at radius 2 is 1.90 bits per heavy atom. The molecular formula is C21H20N2O7. The van der Waals surface area contributed by atoms with Gasteiger partial charge in [-0.15, -0.1) is 0 Å². The van der Waals surface area contributed by atoms with Gasteiger partial charge in [-0.1, -0.05) is 30.3 Å². The van der Waals surface area contributed by atoms with Crippen LogP contribution < -0.4 is 9.64 Å². The molecule has 2 atom stereocenters. The van der Waals surface area contributed by atoms with Crippen LogP contribution in [-0.4, -0.2) is 42.3 Å². The Bertz CT molecular complexity index is 990. The number of Topliss-reactive ketones (excluding diaryl/α,β-unsaturated/α-hetero) is 1. The van der Waals surface area contributed by atoms with Crippen molar-refractivity contribution >= 4 is 29.0 Å². The molecule has 1 fully saturated rings. The summed E-state index contributed by atoms with van der Waals surface area (Å²) in [6, 6.07) is 12.4. The van der Waals surface area contributed by atoms with Crippen LogP contribution in [0.25, 0.3) is 0 Å². The highest BCUT2D eigenvalue weighted by atomic mass is 16.6. The highest BCUT2D eigenvalue weighted by molar-refractivity contribution is 6.02. The van der Waals surface area contributed by atoms with Crippen LogP contribution in [0.15, 0.2) is 48.5 Å². The number of ether oxygens (including phenoxy) is 2. The van der Waals surface area contributed by atoms with Crippen LogP contribution in [0.2, 0.25) is 0 Å². The summed E-state index contributed by atoms with van der Waals surface area (Å²) in [5.41, 5.74) is 0.584. The molecule has 0 N–H and O–H groups in total.